The largest absolute Gasteiger partial charge is 0.345 e. The monoisotopic (exact) mass is 429 g/mol. The molecule has 0 spiro atoms. The number of amides is 1. The summed E-state index contributed by atoms with van der Waals surface area (Å²) in [6.45, 7) is 6.39. The van der Waals surface area contributed by atoms with Gasteiger partial charge in [0.2, 0.25) is 0 Å². The first kappa shape index (κ1) is 16.7. The van der Waals surface area contributed by atoms with Gasteiger partial charge in [-0.25, -0.2) is 0 Å². The number of carbonyl (C=O) groups is 1. The van der Waals surface area contributed by atoms with Crippen LogP contribution < -0.4 is 5.32 Å². The maximum Gasteiger partial charge on any atom is 0.253 e. The number of benzene rings is 1. The molecular weight excluding hydrogens is 414 g/mol. The van der Waals surface area contributed by atoms with Crippen molar-refractivity contribution in [3.8, 4) is 0 Å². The smallest absolute Gasteiger partial charge is 0.253 e. The van der Waals surface area contributed by atoms with Crippen LogP contribution in [-0.2, 0) is 0 Å². The van der Waals surface area contributed by atoms with Crippen LogP contribution >= 0.6 is 43.2 Å². The molecule has 21 heavy (non-hydrogen) atoms. The van der Waals surface area contributed by atoms with E-state index in [9.17, 15) is 4.79 Å². The van der Waals surface area contributed by atoms with Gasteiger partial charge in [-0.15, -0.1) is 11.3 Å². The Morgan fingerprint density at radius 2 is 1.81 bits per heavy atom. The van der Waals surface area contributed by atoms with E-state index in [0.29, 0.717) is 5.56 Å². The van der Waals surface area contributed by atoms with Crippen molar-refractivity contribution in [1.82, 2.24) is 5.32 Å². The summed E-state index contributed by atoms with van der Waals surface area (Å²) in [5, 5.41) is 3.16. The average molecular weight is 431 g/mol. The van der Waals surface area contributed by atoms with Gasteiger partial charge in [-0.3, -0.25) is 4.79 Å². The van der Waals surface area contributed by atoms with E-state index in [1.54, 1.807) is 0 Å². The molecule has 0 saturated heterocycles. The molecule has 0 radical (unpaired) electrons. The second-order valence-electron chi connectivity index (χ2n) is 5.92. The first-order valence-corrected chi connectivity index (χ1v) is 9.00. The van der Waals surface area contributed by atoms with Crippen LogP contribution in [0.2, 0.25) is 0 Å². The van der Waals surface area contributed by atoms with Gasteiger partial charge in [-0.1, -0.05) is 51.1 Å². The molecule has 0 saturated carbocycles. The highest BCUT2D eigenvalue weighted by atomic mass is 79.9. The molecule has 112 valence electrons. The molecule has 1 aromatic carbocycles. The van der Waals surface area contributed by atoms with Crippen molar-refractivity contribution in [3.05, 3.63) is 55.1 Å². The maximum atomic E-state index is 12.6. The van der Waals surface area contributed by atoms with Crippen molar-refractivity contribution >= 4 is 49.1 Å². The Morgan fingerprint density at radius 3 is 2.29 bits per heavy atom. The van der Waals surface area contributed by atoms with Gasteiger partial charge in [-0.05, 0) is 48.9 Å². The lowest BCUT2D eigenvalue weighted by Gasteiger charge is -2.32. The quantitative estimate of drug-likeness (QED) is 0.655. The molecule has 0 aliphatic heterocycles. The zero-order valence-electron chi connectivity index (χ0n) is 12.1. The van der Waals surface area contributed by atoms with Crippen LogP contribution in [0.5, 0.6) is 0 Å². The molecule has 1 atom stereocenters. The number of halogens is 2. The lowest BCUT2D eigenvalue weighted by Crippen LogP contribution is -2.36. The van der Waals surface area contributed by atoms with Gasteiger partial charge in [0.1, 0.15) is 0 Å². The fourth-order valence-corrected chi connectivity index (χ4v) is 4.94. The highest BCUT2D eigenvalue weighted by molar-refractivity contribution is 9.12. The number of hydrogen-bond acceptors (Lipinski definition) is 2. The Bertz CT molecular complexity index is 631. The number of rotatable bonds is 3. The van der Waals surface area contributed by atoms with Crippen molar-refractivity contribution in [2.24, 2.45) is 5.41 Å². The van der Waals surface area contributed by atoms with Crippen LogP contribution in [-0.4, -0.2) is 5.91 Å². The first-order chi connectivity index (χ1) is 9.79. The molecule has 1 aromatic heterocycles. The van der Waals surface area contributed by atoms with E-state index in [4.69, 9.17) is 0 Å². The Kier molecular flexibility index (Phi) is 5.28. The van der Waals surface area contributed by atoms with Gasteiger partial charge >= 0.3 is 0 Å². The summed E-state index contributed by atoms with van der Waals surface area (Å²) in [6.07, 6.45) is 0. The predicted octanol–water partition coefficient (Wildman–Crippen LogP) is 5.79. The molecule has 1 heterocycles. The third-order valence-corrected chi connectivity index (χ3v) is 5.51. The summed E-state index contributed by atoms with van der Waals surface area (Å²) in [4.78, 5) is 12.6. The summed E-state index contributed by atoms with van der Waals surface area (Å²) in [7, 11) is 0. The SMILES string of the molecule is CC(C)(C)C(NC(=O)c1cc(Br)sc1Br)c1ccccc1. The van der Waals surface area contributed by atoms with Crippen LogP contribution in [0.15, 0.2) is 44.0 Å². The first-order valence-electron chi connectivity index (χ1n) is 6.59. The van der Waals surface area contributed by atoms with E-state index >= 15 is 0 Å². The minimum atomic E-state index is -0.0727. The van der Waals surface area contributed by atoms with E-state index in [1.807, 2.05) is 24.3 Å². The van der Waals surface area contributed by atoms with Crippen molar-refractivity contribution in [2.75, 3.05) is 0 Å². The Balaban J connectivity index is 2.28. The van der Waals surface area contributed by atoms with Crippen molar-refractivity contribution in [2.45, 2.75) is 26.8 Å². The lowest BCUT2D eigenvalue weighted by atomic mass is 9.82. The fourth-order valence-electron chi connectivity index (χ4n) is 2.15. The molecule has 2 aromatic rings. The number of thiophene rings is 1. The molecular formula is C16H17Br2NOS. The molecule has 0 aliphatic rings. The molecule has 5 heteroatoms. The molecule has 1 unspecified atom stereocenters. The van der Waals surface area contributed by atoms with Crippen LogP contribution in [0.25, 0.3) is 0 Å². The van der Waals surface area contributed by atoms with Crippen molar-refractivity contribution in [3.63, 3.8) is 0 Å². The van der Waals surface area contributed by atoms with Gasteiger partial charge in [-0.2, -0.15) is 0 Å². The molecule has 0 bridgehead atoms. The van der Waals surface area contributed by atoms with E-state index in [0.717, 1.165) is 13.1 Å². The Morgan fingerprint density at radius 1 is 1.19 bits per heavy atom. The summed E-state index contributed by atoms with van der Waals surface area (Å²) in [5.41, 5.74) is 1.71. The highest BCUT2D eigenvalue weighted by Gasteiger charge is 2.28. The summed E-state index contributed by atoms with van der Waals surface area (Å²) < 4.78 is 1.78. The topological polar surface area (TPSA) is 29.1 Å². The van der Waals surface area contributed by atoms with Crippen molar-refractivity contribution < 1.29 is 4.79 Å². The zero-order valence-corrected chi connectivity index (χ0v) is 16.1. The average Bonchev–Trinajstić information content (AvgIpc) is 2.74. The van der Waals surface area contributed by atoms with Gasteiger partial charge in [0.25, 0.3) is 5.91 Å². The van der Waals surface area contributed by atoms with Crippen LogP contribution in [0.4, 0.5) is 0 Å². The van der Waals surface area contributed by atoms with E-state index in [-0.39, 0.29) is 17.4 Å². The lowest BCUT2D eigenvalue weighted by molar-refractivity contribution is 0.0901. The third-order valence-electron chi connectivity index (χ3n) is 3.18. The van der Waals surface area contributed by atoms with E-state index in [1.165, 1.54) is 11.3 Å². The normalized spacial score (nSPS) is 13.0. The van der Waals surface area contributed by atoms with Crippen LogP contribution in [0, 0.1) is 5.41 Å². The third kappa shape index (κ3) is 4.18. The molecule has 0 aliphatic carbocycles. The van der Waals surface area contributed by atoms with Gasteiger partial charge in [0, 0.05) is 0 Å². The summed E-state index contributed by atoms with van der Waals surface area (Å²) in [6, 6.07) is 11.9. The minimum absolute atomic E-state index is 0.0447. The number of nitrogens with one attached hydrogen (secondary N) is 1. The second kappa shape index (κ2) is 6.63. The van der Waals surface area contributed by atoms with Gasteiger partial charge in [0.05, 0.1) is 19.2 Å². The molecule has 2 rings (SSSR count). The number of hydrogen-bond donors (Lipinski definition) is 1. The second-order valence-corrected chi connectivity index (χ2v) is 9.67. The summed E-state index contributed by atoms with van der Waals surface area (Å²) in [5.74, 6) is -0.0624. The van der Waals surface area contributed by atoms with Crippen LogP contribution in [0.1, 0.15) is 42.7 Å². The minimum Gasteiger partial charge on any atom is -0.345 e. The molecule has 1 amide bonds. The standard InChI is InChI=1S/C16H17Br2NOS/c1-16(2,3)13(10-7-5-4-6-8-10)19-15(20)11-9-12(17)21-14(11)18/h4-9,13H,1-3H3,(H,19,20). The molecule has 0 fully saturated rings. The van der Waals surface area contributed by atoms with Gasteiger partial charge < -0.3 is 5.32 Å². The van der Waals surface area contributed by atoms with Crippen molar-refractivity contribution in [1.29, 1.82) is 0 Å². The number of carbonyl (C=O) groups excluding carboxylic acids is 1. The molecule has 2 nitrogen and oxygen atoms in total. The fraction of sp³-hybridized carbons (Fsp3) is 0.312. The Hall–Kier alpha value is -0.650. The van der Waals surface area contributed by atoms with E-state index in [2.05, 4.69) is 70.1 Å². The highest BCUT2D eigenvalue weighted by Crippen LogP contribution is 2.35. The van der Waals surface area contributed by atoms with E-state index < -0.39 is 0 Å². The van der Waals surface area contributed by atoms with Gasteiger partial charge in [0.15, 0.2) is 0 Å². The molecule has 1 N–H and O–H groups in total. The maximum absolute atomic E-state index is 12.6. The Labute approximate surface area is 146 Å². The summed E-state index contributed by atoms with van der Waals surface area (Å²) >= 11 is 8.35. The van der Waals surface area contributed by atoms with Crippen LogP contribution in [0.3, 0.4) is 0 Å². The predicted molar refractivity (Wildman–Crippen MR) is 95.8 cm³/mol. The zero-order chi connectivity index (χ0) is 15.6.